The van der Waals surface area contributed by atoms with Crippen LogP contribution in [-0.4, -0.2) is 36.4 Å². The van der Waals surface area contributed by atoms with Crippen molar-refractivity contribution in [3.05, 3.63) is 35.9 Å². The van der Waals surface area contributed by atoms with E-state index in [-0.39, 0.29) is 0 Å². The van der Waals surface area contributed by atoms with Crippen LogP contribution in [0.1, 0.15) is 5.56 Å². The van der Waals surface area contributed by atoms with Crippen molar-refractivity contribution in [1.29, 1.82) is 0 Å². The van der Waals surface area contributed by atoms with Gasteiger partial charge in [-0.05, 0) is 0 Å². The number of hydrogen-bond donors (Lipinski definition) is 1. The lowest BCUT2D eigenvalue weighted by Gasteiger charge is -2.24. The van der Waals surface area contributed by atoms with Gasteiger partial charge >= 0.3 is 0 Å². The molecule has 2 rings (SSSR count). The van der Waals surface area contributed by atoms with Crippen molar-refractivity contribution in [1.82, 2.24) is 5.01 Å². The van der Waals surface area contributed by atoms with Gasteiger partial charge in [-0.2, -0.15) is 5.10 Å². The van der Waals surface area contributed by atoms with Crippen LogP contribution >= 0.6 is 12.6 Å². The summed E-state index contributed by atoms with van der Waals surface area (Å²) in [4.78, 5) is 0. The Hall–Kier alpha value is -1.00. The molecule has 0 aliphatic carbocycles. The normalized spacial score (nSPS) is 17.9. The summed E-state index contributed by atoms with van der Waals surface area (Å²) in [6.07, 6.45) is 0. The first kappa shape index (κ1) is 10.5. The summed E-state index contributed by atoms with van der Waals surface area (Å²) in [5, 5.41) is 7.20. The van der Waals surface area contributed by atoms with Crippen molar-refractivity contribution >= 4 is 17.7 Å². The first-order valence-electron chi connectivity index (χ1n) is 5.02. The molecule has 0 aromatic heterocycles. The van der Waals surface area contributed by atoms with Gasteiger partial charge in [0.25, 0.3) is 0 Å². The average molecular weight is 222 g/mol. The molecule has 0 spiro atoms. The van der Waals surface area contributed by atoms with E-state index in [1.807, 2.05) is 35.3 Å². The van der Waals surface area contributed by atoms with Gasteiger partial charge in [0.2, 0.25) is 0 Å². The van der Waals surface area contributed by atoms with E-state index in [1.165, 1.54) is 0 Å². The van der Waals surface area contributed by atoms with Crippen LogP contribution in [0.15, 0.2) is 35.4 Å². The fraction of sp³-hybridized carbons (Fsp3) is 0.364. The molecule has 0 unspecified atom stereocenters. The first-order valence-corrected chi connectivity index (χ1v) is 5.46. The first-order chi connectivity index (χ1) is 7.36. The molecule has 4 heteroatoms. The van der Waals surface area contributed by atoms with Crippen LogP contribution < -0.4 is 0 Å². The van der Waals surface area contributed by atoms with E-state index in [0.717, 1.165) is 36.9 Å². The summed E-state index contributed by atoms with van der Waals surface area (Å²) in [6, 6.07) is 9.97. The smallest absolute Gasteiger partial charge is 0.120 e. The number of rotatable bonds is 2. The van der Waals surface area contributed by atoms with Gasteiger partial charge in [-0.25, -0.2) is 0 Å². The van der Waals surface area contributed by atoms with Crippen LogP contribution in [0.2, 0.25) is 0 Å². The standard InChI is InChI=1S/C11H14N2OS/c15-11(10-4-2-1-3-5-10)12-13-6-8-14-9-7-13/h1-5H,6-9H2,(H,12,15). The van der Waals surface area contributed by atoms with E-state index in [0.29, 0.717) is 0 Å². The second kappa shape index (κ2) is 5.19. The highest BCUT2D eigenvalue weighted by atomic mass is 32.1. The molecule has 0 radical (unpaired) electrons. The summed E-state index contributed by atoms with van der Waals surface area (Å²) in [7, 11) is 0. The minimum absolute atomic E-state index is 0.749. The van der Waals surface area contributed by atoms with E-state index >= 15 is 0 Å². The maximum Gasteiger partial charge on any atom is 0.120 e. The molecule has 0 amide bonds. The van der Waals surface area contributed by atoms with Crippen LogP contribution in [0, 0.1) is 0 Å². The van der Waals surface area contributed by atoms with Crippen molar-refractivity contribution in [2.45, 2.75) is 0 Å². The molecule has 1 aromatic carbocycles. The van der Waals surface area contributed by atoms with Gasteiger partial charge < -0.3 is 4.74 Å². The largest absolute Gasteiger partial charge is 0.378 e. The molecule has 15 heavy (non-hydrogen) atoms. The summed E-state index contributed by atoms with van der Waals surface area (Å²) in [6.45, 7) is 3.19. The third-order valence-electron chi connectivity index (χ3n) is 2.26. The zero-order valence-corrected chi connectivity index (χ0v) is 9.36. The monoisotopic (exact) mass is 222 g/mol. The molecule has 1 heterocycles. The van der Waals surface area contributed by atoms with Crippen molar-refractivity contribution in [2.24, 2.45) is 5.10 Å². The third kappa shape index (κ3) is 2.97. The Morgan fingerprint density at radius 2 is 1.87 bits per heavy atom. The molecule has 1 saturated heterocycles. The number of hydrogen-bond acceptors (Lipinski definition) is 3. The zero-order chi connectivity index (χ0) is 10.5. The molecule has 0 atom stereocenters. The molecule has 0 bridgehead atoms. The topological polar surface area (TPSA) is 24.8 Å². The number of nitrogens with zero attached hydrogens (tertiary/aromatic N) is 2. The Morgan fingerprint density at radius 1 is 1.20 bits per heavy atom. The lowest BCUT2D eigenvalue weighted by atomic mass is 10.2. The van der Waals surface area contributed by atoms with Gasteiger partial charge in [0.05, 0.1) is 26.3 Å². The summed E-state index contributed by atoms with van der Waals surface area (Å²) in [5.41, 5.74) is 1.05. The second-order valence-electron chi connectivity index (χ2n) is 3.36. The Bertz CT molecular complexity index is 334. The Balaban J connectivity index is 2.06. The number of morpholine rings is 1. The van der Waals surface area contributed by atoms with Crippen molar-refractivity contribution in [3.63, 3.8) is 0 Å². The molecule has 0 N–H and O–H groups in total. The zero-order valence-electron chi connectivity index (χ0n) is 8.47. The van der Waals surface area contributed by atoms with Crippen molar-refractivity contribution < 1.29 is 4.74 Å². The van der Waals surface area contributed by atoms with Gasteiger partial charge in [0, 0.05) is 5.56 Å². The third-order valence-corrected chi connectivity index (χ3v) is 2.60. The van der Waals surface area contributed by atoms with Crippen molar-refractivity contribution in [2.75, 3.05) is 26.3 Å². The minimum atomic E-state index is 0.749. The molecule has 1 fully saturated rings. The van der Waals surface area contributed by atoms with Crippen LogP contribution in [0.5, 0.6) is 0 Å². The van der Waals surface area contributed by atoms with Crippen LogP contribution in [0.25, 0.3) is 0 Å². The molecule has 0 saturated carbocycles. The predicted octanol–water partition coefficient (Wildman–Crippen LogP) is 1.61. The quantitative estimate of drug-likeness (QED) is 0.467. The number of hydrazone groups is 1. The second-order valence-corrected chi connectivity index (χ2v) is 3.78. The molecule has 1 aliphatic heterocycles. The SMILES string of the molecule is S/C(=N\N1CCOCC1)c1ccccc1. The van der Waals surface area contributed by atoms with Gasteiger partial charge in [0.15, 0.2) is 0 Å². The molecule has 1 aliphatic rings. The minimum Gasteiger partial charge on any atom is -0.378 e. The van der Waals surface area contributed by atoms with Gasteiger partial charge in [-0.1, -0.05) is 30.3 Å². The molecule has 80 valence electrons. The Labute approximate surface area is 95.1 Å². The predicted molar refractivity (Wildman–Crippen MR) is 64.4 cm³/mol. The lowest BCUT2D eigenvalue weighted by molar-refractivity contribution is 0.0396. The van der Waals surface area contributed by atoms with Crippen LogP contribution in [-0.2, 0) is 4.74 Å². The molecule has 1 aromatic rings. The fourth-order valence-electron chi connectivity index (χ4n) is 1.43. The Morgan fingerprint density at radius 3 is 2.53 bits per heavy atom. The van der Waals surface area contributed by atoms with Gasteiger partial charge in [-0.15, -0.1) is 12.6 Å². The average Bonchev–Trinajstić information content (AvgIpc) is 2.31. The molecular formula is C11H14N2OS. The van der Waals surface area contributed by atoms with Gasteiger partial charge in [0.1, 0.15) is 5.04 Å². The number of thiol groups is 1. The molecular weight excluding hydrogens is 208 g/mol. The molecule has 3 nitrogen and oxygen atoms in total. The van der Waals surface area contributed by atoms with E-state index in [2.05, 4.69) is 17.7 Å². The summed E-state index contributed by atoms with van der Waals surface area (Å²) < 4.78 is 5.25. The number of ether oxygens (including phenoxy) is 1. The lowest BCUT2D eigenvalue weighted by Crippen LogP contribution is -2.32. The number of benzene rings is 1. The van der Waals surface area contributed by atoms with E-state index in [9.17, 15) is 0 Å². The highest BCUT2D eigenvalue weighted by Gasteiger charge is 2.08. The van der Waals surface area contributed by atoms with Crippen molar-refractivity contribution in [3.8, 4) is 0 Å². The van der Waals surface area contributed by atoms with E-state index in [1.54, 1.807) is 0 Å². The van der Waals surface area contributed by atoms with Crippen LogP contribution in [0.4, 0.5) is 0 Å². The Kier molecular flexibility index (Phi) is 3.64. The highest BCUT2D eigenvalue weighted by Crippen LogP contribution is 2.07. The van der Waals surface area contributed by atoms with E-state index in [4.69, 9.17) is 4.74 Å². The van der Waals surface area contributed by atoms with Gasteiger partial charge in [-0.3, -0.25) is 5.01 Å². The highest BCUT2D eigenvalue weighted by molar-refractivity contribution is 7.97. The fourth-order valence-corrected chi connectivity index (χ4v) is 1.71. The summed E-state index contributed by atoms with van der Waals surface area (Å²) >= 11 is 4.40. The maximum absolute atomic E-state index is 5.25. The van der Waals surface area contributed by atoms with E-state index < -0.39 is 0 Å². The maximum atomic E-state index is 5.25. The van der Waals surface area contributed by atoms with Crippen LogP contribution in [0.3, 0.4) is 0 Å². The summed E-state index contributed by atoms with van der Waals surface area (Å²) in [5.74, 6) is 0.